The lowest BCUT2D eigenvalue weighted by molar-refractivity contribution is -0.133. The van der Waals surface area contributed by atoms with Crippen molar-refractivity contribution >= 4 is 17.7 Å². The van der Waals surface area contributed by atoms with Crippen LogP contribution in [0.5, 0.6) is 0 Å². The molecule has 2 heterocycles. The van der Waals surface area contributed by atoms with Crippen LogP contribution in [0.15, 0.2) is 23.5 Å². The van der Waals surface area contributed by atoms with E-state index in [0.717, 1.165) is 23.1 Å². The lowest BCUT2D eigenvalue weighted by Gasteiger charge is -2.04. The zero-order chi connectivity index (χ0) is 13.1. The molecule has 18 heavy (non-hydrogen) atoms. The minimum Gasteiger partial charge on any atom is -0.481 e. The van der Waals surface area contributed by atoms with Crippen LogP contribution in [-0.4, -0.2) is 36.6 Å². The Morgan fingerprint density at radius 2 is 2.17 bits per heavy atom. The van der Waals surface area contributed by atoms with Gasteiger partial charge in [0, 0.05) is 11.8 Å². The number of aromatic nitrogens is 4. The van der Waals surface area contributed by atoms with E-state index in [0.29, 0.717) is 10.8 Å². The Morgan fingerprint density at radius 1 is 1.39 bits per heavy atom. The molecule has 0 unspecified atom stereocenters. The maximum atomic E-state index is 10.5. The Kier molecular flexibility index (Phi) is 3.61. The summed E-state index contributed by atoms with van der Waals surface area (Å²) < 4.78 is 1.71. The van der Waals surface area contributed by atoms with Crippen molar-refractivity contribution in [1.82, 2.24) is 19.7 Å². The first-order chi connectivity index (χ1) is 8.56. The molecule has 2 aromatic heterocycles. The third-order valence-electron chi connectivity index (χ3n) is 2.20. The number of rotatable bonds is 4. The number of thioether (sulfide) groups is 1. The van der Waals surface area contributed by atoms with Crippen LogP contribution in [0.4, 0.5) is 0 Å². The highest BCUT2D eigenvalue weighted by molar-refractivity contribution is 7.99. The summed E-state index contributed by atoms with van der Waals surface area (Å²) in [6.07, 6.45) is 1.41. The first kappa shape index (κ1) is 12.6. The highest BCUT2D eigenvalue weighted by Gasteiger charge is 2.07. The monoisotopic (exact) mass is 264 g/mol. The molecule has 1 N–H and O–H groups in total. The molecule has 2 rings (SSSR count). The third kappa shape index (κ3) is 2.86. The standard InChI is InChI=1S/C11H12N4O2S/c1-7-3-8(2)15(14-7)9-4-10(13-6-12-9)18-5-11(16)17/h3-4,6H,5H2,1-2H3,(H,16,17). The van der Waals surface area contributed by atoms with Crippen LogP contribution < -0.4 is 0 Å². The second-order valence-corrected chi connectivity index (χ2v) is 4.73. The van der Waals surface area contributed by atoms with Gasteiger partial charge < -0.3 is 5.11 Å². The molecular weight excluding hydrogens is 252 g/mol. The lowest BCUT2D eigenvalue weighted by Crippen LogP contribution is -2.03. The van der Waals surface area contributed by atoms with Gasteiger partial charge in [-0.15, -0.1) is 0 Å². The summed E-state index contributed by atoms with van der Waals surface area (Å²) in [7, 11) is 0. The Bertz CT molecular complexity index is 582. The van der Waals surface area contributed by atoms with Crippen molar-refractivity contribution in [3.05, 3.63) is 29.8 Å². The van der Waals surface area contributed by atoms with Crippen molar-refractivity contribution in [1.29, 1.82) is 0 Å². The highest BCUT2D eigenvalue weighted by atomic mass is 32.2. The van der Waals surface area contributed by atoms with Crippen molar-refractivity contribution in [2.75, 3.05) is 5.75 Å². The topological polar surface area (TPSA) is 80.9 Å². The summed E-state index contributed by atoms with van der Waals surface area (Å²) in [6, 6.07) is 3.68. The fourth-order valence-electron chi connectivity index (χ4n) is 1.52. The minimum absolute atomic E-state index is 0.0203. The summed E-state index contributed by atoms with van der Waals surface area (Å²) in [5, 5.41) is 13.6. The van der Waals surface area contributed by atoms with Gasteiger partial charge in [-0.25, -0.2) is 14.6 Å². The molecule has 0 aliphatic heterocycles. The van der Waals surface area contributed by atoms with E-state index in [4.69, 9.17) is 5.11 Å². The van der Waals surface area contributed by atoms with Crippen LogP contribution in [0, 0.1) is 13.8 Å². The van der Waals surface area contributed by atoms with E-state index in [1.165, 1.54) is 6.33 Å². The van der Waals surface area contributed by atoms with E-state index in [-0.39, 0.29) is 5.75 Å². The van der Waals surface area contributed by atoms with Gasteiger partial charge in [0.25, 0.3) is 0 Å². The fourth-order valence-corrected chi connectivity index (χ4v) is 2.10. The number of aryl methyl sites for hydroxylation is 2. The zero-order valence-corrected chi connectivity index (χ0v) is 10.8. The third-order valence-corrected chi connectivity index (χ3v) is 3.11. The van der Waals surface area contributed by atoms with E-state index < -0.39 is 5.97 Å². The molecule has 6 nitrogen and oxygen atoms in total. The van der Waals surface area contributed by atoms with E-state index in [2.05, 4.69) is 15.1 Å². The summed E-state index contributed by atoms with van der Waals surface area (Å²) in [6.45, 7) is 3.84. The van der Waals surface area contributed by atoms with Gasteiger partial charge in [0.1, 0.15) is 11.4 Å². The smallest absolute Gasteiger partial charge is 0.313 e. The van der Waals surface area contributed by atoms with Crippen LogP contribution >= 0.6 is 11.8 Å². The summed E-state index contributed by atoms with van der Waals surface area (Å²) in [5.41, 5.74) is 1.88. The van der Waals surface area contributed by atoms with Gasteiger partial charge in [-0.1, -0.05) is 11.8 Å². The van der Waals surface area contributed by atoms with Crippen LogP contribution in [0.3, 0.4) is 0 Å². The number of carboxylic acid groups (broad SMARTS) is 1. The van der Waals surface area contributed by atoms with E-state index in [9.17, 15) is 4.79 Å². The zero-order valence-electron chi connectivity index (χ0n) is 9.99. The summed E-state index contributed by atoms with van der Waals surface area (Å²) >= 11 is 1.16. The maximum absolute atomic E-state index is 10.5. The molecule has 94 valence electrons. The number of aliphatic carboxylic acids is 1. The van der Waals surface area contributed by atoms with Crippen molar-refractivity contribution in [3.8, 4) is 5.82 Å². The van der Waals surface area contributed by atoms with Gasteiger partial charge >= 0.3 is 5.97 Å². The molecular formula is C11H12N4O2S. The average Bonchev–Trinajstić information content (AvgIpc) is 2.66. The van der Waals surface area contributed by atoms with Crippen molar-refractivity contribution in [2.24, 2.45) is 0 Å². The summed E-state index contributed by atoms with van der Waals surface area (Å²) in [4.78, 5) is 18.7. The SMILES string of the molecule is Cc1cc(C)n(-c2cc(SCC(=O)O)ncn2)n1. The van der Waals surface area contributed by atoms with Gasteiger partial charge in [-0.3, -0.25) is 4.79 Å². The second kappa shape index (κ2) is 5.18. The molecule has 0 saturated carbocycles. The predicted octanol–water partition coefficient (Wildman–Crippen LogP) is 1.46. The predicted molar refractivity (Wildman–Crippen MR) is 67.0 cm³/mol. The Labute approximate surface area is 108 Å². The Hall–Kier alpha value is -1.89. The molecule has 0 aliphatic carbocycles. The van der Waals surface area contributed by atoms with Gasteiger partial charge in [0.15, 0.2) is 5.82 Å². The number of carboxylic acids is 1. The van der Waals surface area contributed by atoms with Gasteiger partial charge in [0.2, 0.25) is 0 Å². The fraction of sp³-hybridized carbons (Fsp3) is 0.273. The van der Waals surface area contributed by atoms with Gasteiger partial charge in [-0.2, -0.15) is 5.10 Å². The summed E-state index contributed by atoms with van der Waals surface area (Å²) in [5.74, 6) is -0.247. The highest BCUT2D eigenvalue weighted by Crippen LogP contribution is 2.17. The number of hydrogen-bond donors (Lipinski definition) is 1. The quantitative estimate of drug-likeness (QED) is 0.665. The molecule has 0 aliphatic rings. The molecule has 0 saturated heterocycles. The largest absolute Gasteiger partial charge is 0.481 e. The number of hydrogen-bond acceptors (Lipinski definition) is 5. The number of carbonyl (C=O) groups is 1. The number of nitrogens with zero attached hydrogens (tertiary/aromatic N) is 4. The molecule has 0 atom stereocenters. The second-order valence-electron chi connectivity index (χ2n) is 3.74. The molecule has 7 heteroatoms. The van der Waals surface area contributed by atoms with Crippen LogP contribution in [0.25, 0.3) is 5.82 Å². The van der Waals surface area contributed by atoms with Crippen LogP contribution in [-0.2, 0) is 4.79 Å². The first-order valence-corrected chi connectivity index (χ1v) is 6.25. The van der Waals surface area contributed by atoms with E-state index in [1.54, 1.807) is 10.7 Å². The van der Waals surface area contributed by atoms with E-state index >= 15 is 0 Å². The normalized spacial score (nSPS) is 10.6. The van der Waals surface area contributed by atoms with Crippen molar-refractivity contribution in [2.45, 2.75) is 18.9 Å². The van der Waals surface area contributed by atoms with Crippen molar-refractivity contribution < 1.29 is 9.90 Å². The van der Waals surface area contributed by atoms with Crippen LogP contribution in [0.1, 0.15) is 11.4 Å². The first-order valence-electron chi connectivity index (χ1n) is 5.26. The Morgan fingerprint density at radius 3 is 2.78 bits per heavy atom. The lowest BCUT2D eigenvalue weighted by atomic mass is 10.4. The van der Waals surface area contributed by atoms with Gasteiger partial charge in [0.05, 0.1) is 11.4 Å². The van der Waals surface area contributed by atoms with Crippen molar-refractivity contribution in [3.63, 3.8) is 0 Å². The molecule has 0 bridgehead atoms. The molecule has 0 aromatic carbocycles. The molecule has 2 aromatic rings. The van der Waals surface area contributed by atoms with E-state index in [1.807, 2.05) is 19.9 Å². The average molecular weight is 264 g/mol. The molecule has 0 spiro atoms. The minimum atomic E-state index is -0.869. The maximum Gasteiger partial charge on any atom is 0.313 e. The van der Waals surface area contributed by atoms with Crippen LogP contribution in [0.2, 0.25) is 0 Å². The van der Waals surface area contributed by atoms with Gasteiger partial charge in [-0.05, 0) is 19.9 Å². The Balaban J connectivity index is 2.27. The molecule has 0 amide bonds. The molecule has 0 radical (unpaired) electrons. The molecule has 0 fully saturated rings.